The average Bonchev–Trinajstić information content (AvgIpc) is 2.42. The summed E-state index contributed by atoms with van der Waals surface area (Å²) in [5.74, 6) is -2.32. The van der Waals surface area contributed by atoms with Crippen LogP contribution >= 0.6 is 0 Å². The molecule has 0 aliphatic heterocycles. The summed E-state index contributed by atoms with van der Waals surface area (Å²) in [5, 5.41) is 9.27. The molecule has 1 aliphatic rings. The summed E-state index contributed by atoms with van der Waals surface area (Å²) < 4.78 is 49.5. The number of hydrogen-bond acceptors (Lipinski definition) is 3. The van der Waals surface area contributed by atoms with Crippen molar-refractivity contribution in [2.24, 2.45) is 0 Å². The minimum atomic E-state index is -3.98. The first-order valence-corrected chi connectivity index (χ1v) is 7.52. The molecule has 2 rings (SSSR count). The van der Waals surface area contributed by atoms with Gasteiger partial charge in [-0.25, -0.2) is 17.2 Å². The number of halogens is 2. The zero-order valence-corrected chi connectivity index (χ0v) is 11.0. The number of nitrogens with zero attached hydrogens (tertiary/aromatic N) is 1. The molecule has 0 aromatic heterocycles. The van der Waals surface area contributed by atoms with Gasteiger partial charge in [0, 0.05) is 0 Å². The van der Waals surface area contributed by atoms with E-state index in [2.05, 4.69) is 0 Å². The fourth-order valence-electron chi connectivity index (χ4n) is 2.43. The lowest BCUT2D eigenvalue weighted by atomic mass is 9.89. The third-order valence-corrected chi connectivity index (χ3v) is 5.98. The summed E-state index contributed by atoms with van der Waals surface area (Å²) in [6.45, 7) is 0. The van der Waals surface area contributed by atoms with Gasteiger partial charge in [0.1, 0.15) is 0 Å². The summed E-state index contributed by atoms with van der Waals surface area (Å²) in [7, 11) is -3.98. The van der Waals surface area contributed by atoms with E-state index in [-0.39, 0.29) is 17.7 Å². The molecule has 0 amide bonds. The van der Waals surface area contributed by atoms with Crippen molar-refractivity contribution in [3.63, 3.8) is 0 Å². The van der Waals surface area contributed by atoms with Crippen molar-refractivity contribution in [1.29, 1.82) is 5.26 Å². The maximum atomic E-state index is 13.2. The topological polar surface area (TPSA) is 57.9 Å². The Labute approximate surface area is 110 Å². The third kappa shape index (κ3) is 2.23. The van der Waals surface area contributed by atoms with Gasteiger partial charge in [-0.2, -0.15) is 5.26 Å². The summed E-state index contributed by atoms with van der Waals surface area (Å²) in [5.41, 5.74) is 0. The van der Waals surface area contributed by atoms with Gasteiger partial charge in [0.15, 0.2) is 26.2 Å². The molecule has 3 nitrogen and oxygen atoms in total. The van der Waals surface area contributed by atoms with Crippen LogP contribution in [-0.2, 0) is 9.84 Å². The van der Waals surface area contributed by atoms with Crippen LogP contribution in [0.25, 0.3) is 0 Å². The van der Waals surface area contributed by atoms with E-state index in [1.54, 1.807) is 0 Å². The van der Waals surface area contributed by atoms with Gasteiger partial charge in [0.25, 0.3) is 0 Å². The Morgan fingerprint density at radius 3 is 2.26 bits per heavy atom. The standard InChI is InChI=1S/C13H13F2NO2S/c14-11-5-4-10(8-12(11)15)19(17,18)13(9-16)6-2-1-3-7-13/h4-5,8H,1-3,6-7H2. The molecular formula is C13H13F2NO2S. The maximum Gasteiger partial charge on any atom is 0.197 e. The number of benzene rings is 1. The Hall–Kier alpha value is -1.48. The molecule has 19 heavy (non-hydrogen) atoms. The molecule has 102 valence electrons. The SMILES string of the molecule is N#CC1(S(=O)(=O)c2ccc(F)c(F)c2)CCCCC1. The van der Waals surface area contributed by atoms with Gasteiger partial charge in [-0.3, -0.25) is 0 Å². The zero-order chi connectivity index (χ0) is 14.1. The predicted molar refractivity (Wildman–Crippen MR) is 65.0 cm³/mol. The summed E-state index contributed by atoms with van der Waals surface area (Å²) in [4.78, 5) is -0.324. The molecule has 0 bridgehead atoms. The monoisotopic (exact) mass is 285 g/mol. The van der Waals surface area contributed by atoms with Crippen molar-refractivity contribution in [3.05, 3.63) is 29.8 Å². The van der Waals surface area contributed by atoms with Gasteiger partial charge in [0.05, 0.1) is 11.0 Å². The predicted octanol–water partition coefficient (Wildman–Crippen LogP) is 2.96. The fourth-order valence-corrected chi connectivity index (χ4v) is 4.34. The number of rotatable bonds is 2. The normalized spacial score (nSPS) is 18.8. The van der Waals surface area contributed by atoms with Gasteiger partial charge in [-0.1, -0.05) is 19.3 Å². The van der Waals surface area contributed by atoms with E-state index in [0.717, 1.165) is 18.6 Å². The van der Waals surface area contributed by atoms with Crippen LogP contribution in [0.15, 0.2) is 23.1 Å². The van der Waals surface area contributed by atoms with Crippen molar-refractivity contribution in [1.82, 2.24) is 0 Å². The van der Waals surface area contributed by atoms with Crippen LogP contribution in [0.1, 0.15) is 32.1 Å². The Kier molecular flexibility index (Phi) is 3.59. The van der Waals surface area contributed by atoms with Gasteiger partial charge in [-0.15, -0.1) is 0 Å². The molecule has 0 atom stereocenters. The smallest absolute Gasteiger partial charge is 0.197 e. The Balaban J connectivity index is 2.52. The largest absolute Gasteiger partial charge is 0.222 e. The number of nitriles is 1. The second-order valence-corrected chi connectivity index (χ2v) is 7.01. The van der Waals surface area contributed by atoms with Crippen LogP contribution in [0.3, 0.4) is 0 Å². The molecule has 6 heteroatoms. The highest BCUT2D eigenvalue weighted by Crippen LogP contribution is 2.38. The lowest BCUT2D eigenvalue weighted by Gasteiger charge is -2.30. The molecule has 1 aromatic carbocycles. The van der Waals surface area contributed by atoms with Gasteiger partial charge >= 0.3 is 0 Å². The van der Waals surface area contributed by atoms with E-state index >= 15 is 0 Å². The van der Waals surface area contributed by atoms with Crippen molar-refractivity contribution >= 4 is 9.84 Å². The molecule has 0 N–H and O–H groups in total. The number of hydrogen-bond donors (Lipinski definition) is 0. The molecule has 0 heterocycles. The Bertz CT molecular complexity index is 629. The lowest BCUT2D eigenvalue weighted by Crippen LogP contribution is -2.39. The second kappa shape index (κ2) is 4.89. The van der Waals surface area contributed by atoms with E-state index in [4.69, 9.17) is 0 Å². The van der Waals surface area contributed by atoms with Crippen LogP contribution in [0.2, 0.25) is 0 Å². The average molecular weight is 285 g/mol. The first-order valence-electron chi connectivity index (χ1n) is 6.04. The zero-order valence-electron chi connectivity index (χ0n) is 10.2. The molecule has 1 aromatic rings. The van der Waals surface area contributed by atoms with Gasteiger partial charge in [-0.05, 0) is 31.0 Å². The summed E-state index contributed by atoms with van der Waals surface area (Å²) >= 11 is 0. The van der Waals surface area contributed by atoms with Crippen molar-refractivity contribution in [3.8, 4) is 6.07 Å². The quantitative estimate of drug-likeness (QED) is 0.785. The van der Waals surface area contributed by atoms with E-state index in [9.17, 15) is 22.5 Å². The molecule has 1 aliphatic carbocycles. The third-order valence-electron chi connectivity index (χ3n) is 3.58. The lowest BCUT2D eigenvalue weighted by molar-refractivity contribution is 0.429. The molecule has 0 radical (unpaired) electrons. The molecule has 0 spiro atoms. The minimum absolute atomic E-state index is 0.241. The molecule has 1 saturated carbocycles. The van der Waals surface area contributed by atoms with Crippen molar-refractivity contribution < 1.29 is 17.2 Å². The first kappa shape index (κ1) is 13.9. The Morgan fingerprint density at radius 1 is 1.11 bits per heavy atom. The van der Waals surface area contributed by atoms with Crippen LogP contribution in [0.5, 0.6) is 0 Å². The summed E-state index contributed by atoms with van der Waals surface area (Å²) in [6, 6.07) is 4.33. The summed E-state index contributed by atoms with van der Waals surface area (Å²) in [6.07, 6.45) is 2.67. The number of sulfone groups is 1. The van der Waals surface area contributed by atoms with E-state index in [1.807, 2.05) is 6.07 Å². The maximum absolute atomic E-state index is 13.2. The van der Waals surface area contributed by atoms with E-state index < -0.39 is 26.2 Å². The van der Waals surface area contributed by atoms with Crippen LogP contribution in [0, 0.1) is 23.0 Å². The second-order valence-electron chi connectivity index (χ2n) is 4.75. The van der Waals surface area contributed by atoms with Crippen LogP contribution in [0.4, 0.5) is 8.78 Å². The highest BCUT2D eigenvalue weighted by atomic mass is 32.2. The fraction of sp³-hybridized carbons (Fsp3) is 0.462. The van der Waals surface area contributed by atoms with Crippen molar-refractivity contribution in [2.75, 3.05) is 0 Å². The molecule has 0 saturated heterocycles. The van der Waals surface area contributed by atoms with E-state index in [0.29, 0.717) is 18.9 Å². The Morgan fingerprint density at radius 2 is 1.74 bits per heavy atom. The molecule has 0 unspecified atom stereocenters. The van der Waals surface area contributed by atoms with E-state index in [1.165, 1.54) is 0 Å². The van der Waals surface area contributed by atoms with Crippen LogP contribution < -0.4 is 0 Å². The molecule has 1 fully saturated rings. The first-order chi connectivity index (χ1) is 8.93. The minimum Gasteiger partial charge on any atom is -0.222 e. The highest BCUT2D eigenvalue weighted by Gasteiger charge is 2.46. The highest BCUT2D eigenvalue weighted by molar-refractivity contribution is 7.93. The van der Waals surface area contributed by atoms with Crippen molar-refractivity contribution in [2.45, 2.75) is 41.7 Å². The van der Waals surface area contributed by atoms with Gasteiger partial charge < -0.3 is 0 Å². The van der Waals surface area contributed by atoms with Crippen LogP contribution in [-0.4, -0.2) is 13.2 Å². The van der Waals surface area contributed by atoms with Gasteiger partial charge in [0.2, 0.25) is 0 Å². The molecular weight excluding hydrogens is 272 g/mol.